The number of nitrogens with two attached hydrogens (primary N) is 2. The number of para-hydroxylation sites is 1. The zero-order chi connectivity index (χ0) is 35.6. The number of unbranched alkanes of at least 4 members (excludes halogenated alkanes) is 1. The van der Waals surface area contributed by atoms with E-state index in [1.54, 1.807) is 23.7 Å². The molecule has 4 aromatic rings. The number of fused-ring (bicyclic) bond motifs is 3. The molecule has 266 valence electrons. The highest BCUT2D eigenvalue weighted by molar-refractivity contribution is 7.99. The van der Waals surface area contributed by atoms with Gasteiger partial charge in [0.25, 0.3) is 0 Å². The molecule has 2 heterocycles. The van der Waals surface area contributed by atoms with Crippen molar-refractivity contribution >= 4 is 40.3 Å². The number of ketones is 1. The van der Waals surface area contributed by atoms with E-state index in [2.05, 4.69) is 40.7 Å². The van der Waals surface area contributed by atoms with E-state index in [0.29, 0.717) is 58.3 Å². The fraction of sp³-hybridized carbons (Fsp3) is 0.425. The summed E-state index contributed by atoms with van der Waals surface area (Å²) in [6.07, 6.45) is 3.66. The number of rotatable bonds is 9. The van der Waals surface area contributed by atoms with Crippen LogP contribution in [-0.2, 0) is 33.9 Å². The van der Waals surface area contributed by atoms with Crippen LogP contribution >= 0.6 is 11.8 Å². The van der Waals surface area contributed by atoms with Crippen molar-refractivity contribution < 1.29 is 14.4 Å². The number of aromatic nitrogens is 1. The number of hydrogen-bond acceptors (Lipinski definition) is 7. The van der Waals surface area contributed by atoms with Gasteiger partial charge in [0.1, 0.15) is 6.04 Å². The Morgan fingerprint density at radius 2 is 1.58 bits per heavy atom. The monoisotopic (exact) mass is 696 g/mol. The van der Waals surface area contributed by atoms with Gasteiger partial charge >= 0.3 is 0 Å². The van der Waals surface area contributed by atoms with E-state index in [1.165, 1.54) is 0 Å². The number of nitrogens with one attached hydrogen (secondary N) is 3. The van der Waals surface area contributed by atoms with Crippen molar-refractivity contribution in [2.45, 2.75) is 93.8 Å². The molecule has 1 aliphatic rings. The summed E-state index contributed by atoms with van der Waals surface area (Å²) >= 11 is 1.67. The first-order valence-electron chi connectivity index (χ1n) is 17.8. The average Bonchev–Trinajstić information content (AvgIpc) is 3.44. The fourth-order valence-corrected chi connectivity index (χ4v) is 8.10. The minimum atomic E-state index is -0.795. The van der Waals surface area contributed by atoms with E-state index >= 15 is 0 Å². The molecule has 2 amide bonds. The summed E-state index contributed by atoms with van der Waals surface area (Å²) in [5, 5.41) is 7.78. The zero-order valence-corrected chi connectivity index (χ0v) is 30.4. The Morgan fingerprint density at radius 1 is 0.840 bits per heavy atom. The van der Waals surface area contributed by atoms with Crippen LogP contribution in [0, 0.1) is 19.8 Å². The SMILES string of the molecule is Cc1cccc2c1Sc1ccccc1CN[C@@H](CCCN)C(=O)C[C@@H](CCCCN)C(=O)N(C)[C@@H](Cc1c(C)[nH]c3ccccc13)C(=O)NC2. The highest BCUT2D eigenvalue weighted by atomic mass is 32.2. The first-order chi connectivity index (χ1) is 24.2. The summed E-state index contributed by atoms with van der Waals surface area (Å²) < 4.78 is 0. The van der Waals surface area contributed by atoms with Crippen LogP contribution in [-0.4, -0.2) is 59.7 Å². The molecule has 1 aromatic heterocycles. The normalized spacial score (nSPS) is 19.6. The van der Waals surface area contributed by atoms with Crippen molar-refractivity contribution in [3.8, 4) is 0 Å². The van der Waals surface area contributed by atoms with Gasteiger partial charge in [-0.15, -0.1) is 0 Å². The number of nitrogens with zero attached hydrogens (tertiary/aromatic N) is 1. The van der Waals surface area contributed by atoms with Crippen LogP contribution in [0.5, 0.6) is 0 Å². The second-order valence-corrected chi connectivity index (χ2v) is 14.5. The van der Waals surface area contributed by atoms with Gasteiger partial charge in [-0.3, -0.25) is 14.4 Å². The van der Waals surface area contributed by atoms with Crippen molar-refractivity contribution in [2.24, 2.45) is 17.4 Å². The van der Waals surface area contributed by atoms with E-state index in [-0.39, 0.29) is 24.0 Å². The number of benzene rings is 3. The number of hydrogen-bond donors (Lipinski definition) is 5. The number of aryl methyl sites for hydroxylation is 2. The lowest BCUT2D eigenvalue weighted by atomic mass is 9.90. The zero-order valence-electron chi connectivity index (χ0n) is 29.6. The number of carbonyl (C=O) groups is 3. The average molecular weight is 697 g/mol. The maximum atomic E-state index is 14.5. The third kappa shape index (κ3) is 9.03. The smallest absolute Gasteiger partial charge is 0.243 e. The third-order valence-electron chi connectivity index (χ3n) is 9.90. The number of aromatic amines is 1. The van der Waals surface area contributed by atoms with Crippen molar-refractivity contribution in [2.75, 3.05) is 20.1 Å². The van der Waals surface area contributed by atoms with E-state index in [9.17, 15) is 14.4 Å². The lowest BCUT2D eigenvalue weighted by Gasteiger charge is -2.31. The number of Topliss-reactive ketones (excluding diaryl/α,β-unsaturated/α-hetero) is 1. The van der Waals surface area contributed by atoms with Crippen LogP contribution < -0.4 is 22.1 Å². The molecule has 0 saturated carbocycles. The van der Waals surface area contributed by atoms with Crippen LogP contribution in [0.15, 0.2) is 76.5 Å². The van der Waals surface area contributed by atoms with Crippen LogP contribution in [0.1, 0.15) is 66.5 Å². The Labute approximate surface area is 300 Å². The van der Waals surface area contributed by atoms with Crippen LogP contribution in [0.3, 0.4) is 0 Å². The van der Waals surface area contributed by atoms with Crippen molar-refractivity contribution in [1.82, 2.24) is 20.5 Å². The van der Waals surface area contributed by atoms with Gasteiger partial charge in [-0.1, -0.05) is 72.8 Å². The molecule has 7 N–H and O–H groups in total. The lowest BCUT2D eigenvalue weighted by molar-refractivity contribution is -0.143. The summed E-state index contributed by atoms with van der Waals surface area (Å²) in [5.74, 6) is -1.03. The molecule has 0 bridgehead atoms. The van der Waals surface area contributed by atoms with Gasteiger partial charge in [-0.2, -0.15) is 0 Å². The molecule has 0 aliphatic carbocycles. The minimum Gasteiger partial charge on any atom is -0.358 e. The molecule has 3 aromatic carbocycles. The molecule has 3 atom stereocenters. The van der Waals surface area contributed by atoms with Crippen LogP contribution in [0.4, 0.5) is 0 Å². The summed E-state index contributed by atoms with van der Waals surface area (Å²) in [7, 11) is 1.71. The summed E-state index contributed by atoms with van der Waals surface area (Å²) in [6, 6.07) is 21.1. The Hall–Kier alpha value is -3.96. The fourth-order valence-electron chi connectivity index (χ4n) is 6.96. The summed E-state index contributed by atoms with van der Waals surface area (Å²) in [4.78, 5) is 50.1. The second-order valence-electron chi connectivity index (χ2n) is 13.5. The molecule has 0 unspecified atom stereocenters. The largest absolute Gasteiger partial charge is 0.358 e. The van der Waals surface area contributed by atoms with Gasteiger partial charge < -0.3 is 32.0 Å². The van der Waals surface area contributed by atoms with Gasteiger partial charge in [0.2, 0.25) is 11.8 Å². The molecule has 0 saturated heterocycles. The van der Waals surface area contributed by atoms with Crippen molar-refractivity contribution in [3.05, 3.63) is 94.7 Å². The highest BCUT2D eigenvalue weighted by Gasteiger charge is 2.34. The van der Waals surface area contributed by atoms with E-state index < -0.39 is 18.0 Å². The second kappa shape index (κ2) is 17.8. The quantitative estimate of drug-likeness (QED) is 0.145. The predicted molar refractivity (Wildman–Crippen MR) is 202 cm³/mol. The highest BCUT2D eigenvalue weighted by Crippen LogP contribution is 2.36. The summed E-state index contributed by atoms with van der Waals surface area (Å²) in [6.45, 7) is 5.88. The summed E-state index contributed by atoms with van der Waals surface area (Å²) in [5.41, 5.74) is 17.9. The molecule has 1 aliphatic heterocycles. The van der Waals surface area contributed by atoms with E-state index in [0.717, 1.165) is 55.1 Å². The molecule has 50 heavy (non-hydrogen) atoms. The van der Waals surface area contributed by atoms with Crippen molar-refractivity contribution in [3.63, 3.8) is 0 Å². The molecular formula is C40H52N6O3S. The Bertz CT molecular complexity index is 1790. The van der Waals surface area contributed by atoms with Crippen molar-refractivity contribution in [1.29, 1.82) is 0 Å². The van der Waals surface area contributed by atoms with Gasteiger partial charge in [0.15, 0.2) is 5.78 Å². The van der Waals surface area contributed by atoms with Crippen LogP contribution in [0.25, 0.3) is 10.9 Å². The first-order valence-corrected chi connectivity index (χ1v) is 18.6. The predicted octanol–water partition coefficient (Wildman–Crippen LogP) is 5.54. The maximum Gasteiger partial charge on any atom is 0.243 e. The number of likely N-dealkylation sites (N-methyl/N-ethyl adjacent to an activating group) is 1. The van der Waals surface area contributed by atoms with E-state index in [4.69, 9.17) is 11.5 Å². The standard InChI is InChI=1S/C40H52N6O3S/c1-26-12-10-15-30-25-44-39(48)35(23-32-27(2)45-33-17-6-5-16-31(32)33)46(3)40(49)28(13-8-9-20-41)22-36(47)34(18-11-21-42)43-24-29-14-4-7-19-37(29)50-38(26)30/h4-7,10,12,14-17,19,28,34-35,43,45H,8-9,11,13,18,20-25,41-42H2,1-3H3,(H,44,48)/t28-,34+,35+/m1/s1. The molecule has 5 rings (SSSR count). The maximum absolute atomic E-state index is 14.5. The van der Waals surface area contributed by atoms with Gasteiger partial charge in [-0.05, 0) is 87.0 Å². The third-order valence-corrected chi connectivity index (χ3v) is 11.3. The Kier molecular flexibility index (Phi) is 13.3. The topological polar surface area (TPSA) is 146 Å². The number of carbonyl (C=O) groups excluding carboxylic acids is 3. The number of H-pyrrole nitrogens is 1. The molecular weight excluding hydrogens is 645 g/mol. The first kappa shape index (κ1) is 37.3. The number of amides is 2. The Morgan fingerprint density at radius 3 is 2.38 bits per heavy atom. The molecule has 9 nitrogen and oxygen atoms in total. The lowest BCUT2D eigenvalue weighted by Crippen LogP contribution is -2.51. The molecule has 0 spiro atoms. The van der Waals surface area contributed by atoms with E-state index in [1.807, 2.05) is 55.5 Å². The molecule has 0 radical (unpaired) electrons. The Balaban J connectivity index is 1.57. The molecule has 0 fully saturated rings. The van der Waals surface area contributed by atoms with Gasteiger partial charge in [-0.25, -0.2) is 0 Å². The van der Waals surface area contributed by atoms with Gasteiger partial charge in [0.05, 0.1) is 6.04 Å². The van der Waals surface area contributed by atoms with Crippen LogP contribution in [0.2, 0.25) is 0 Å². The minimum absolute atomic E-state index is 0.0120. The van der Waals surface area contributed by atoms with Gasteiger partial charge in [0, 0.05) is 65.3 Å². The molecule has 10 heteroatoms.